The molecule has 1 unspecified atom stereocenters. The summed E-state index contributed by atoms with van der Waals surface area (Å²) in [6, 6.07) is 1.11. The van der Waals surface area contributed by atoms with Crippen molar-refractivity contribution < 1.29 is 14.8 Å². The van der Waals surface area contributed by atoms with Gasteiger partial charge in [0.2, 0.25) is 0 Å². The second kappa shape index (κ2) is 4.47. The van der Waals surface area contributed by atoms with Gasteiger partial charge in [-0.1, -0.05) is 0 Å². The summed E-state index contributed by atoms with van der Waals surface area (Å²) in [6.07, 6.45) is 1.61. The van der Waals surface area contributed by atoms with Crippen LogP contribution in [0.15, 0.2) is 12.3 Å². The van der Waals surface area contributed by atoms with Gasteiger partial charge in [0.05, 0.1) is 16.1 Å². The number of pyridine rings is 1. The van der Waals surface area contributed by atoms with Gasteiger partial charge in [-0.2, -0.15) is 0 Å². The summed E-state index contributed by atoms with van der Waals surface area (Å²) >= 11 is 0. The van der Waals surface area contributed by atoms with Crippen LogP contribution in [0.4, 0.5) is 11.5 Å². The van der Waals surface area contributed by atoms with E-state index in [2.05, 4.69) is 4.98 Å². The first-order valence-electron chi connectivity index (χ1n) is 5.72. The molecular weight excluding hydrogens is 252 g/mol. The average molecular weight is 266 g/mol. The molecule has 2 rings (SSSR count). The minimum atomic E-state index is -0.863. The highest BCUT2D eigenvalue weighted by Crippen LogP contribution is 2.29. The fourth-order valence-electron chi connectivity index (χ4n) is 2.11. The molecule has 1 aliphatic heterocycles. The molecule has 102 valence electrons. The van der Waals surface area contributed by atoms with Crippen LogP contribution in [-0.4, -0.2) is 39.6 Å². The maximum absolute atomic E-state index is 11.4. The van der Waals surface area contributed by atoms with E-state index < -0.39 is 16.4 Å². The number of aromatic nitrogens is 1. The fourth-order valence-corrected chi connectivity index (χ4v) is 2.11. The summed E-state index contributed by atoms with van der Waals surface area (Å²) in [5.74, 6) is -0.506. The van der Waals surface area contributed by atoms with Crippen molar-refractivity contribution in [3.05, 3.63) is 27.9 Å². The Hall–Kier alpha value is -2.22. The normalized spacial score (nSPS) is 22.5. The summed E-state index contributed by atoms with van der Waals surface area (Å²) in [6.45, 7) is 2.50. The summed E-state index contributed by atoms with van der Waals surface area (Å²) in [5.41, 5.74) is 4.07. The number of nitrogens with two attached hydrogens (primary N) is 1. The van der Waals surface area contributed by atoms with Gasteiger partial charge in [-0.15, -0.1) is 0 Å². The number of hydrogen-bond donors (Lipinski definition) is 2. The third kappa shape index (κ3) is 2.63. The topological polar surface area (TPSA) is 123 Å². The lowest BCUT2D eigenvalue weighted by atomic mass is 10.1. The van der Waals surface area contributed by atoms with E-state index in [0.717, 1.165) is 12.3 Å². The summed E-state index contributed by atoms with van der Waals surface area (Å²) < 4.78 is 0. The van der Waals surface area contributed by atoms with Crippen LogP contribution in [0.1, 0.15) is 23.7 Å². The third-order valence-electron chi connectivity index (χ3n) is 3.08. The van der Waals surface area contributed by atoms with Gasteiger partial charge in [-0.25, -0.2) is 4.98 Å². The minimum Gasteiger partial charge on any atom is -0.388 e. The van der Waals surface area contributed by atoms with Crippen molar-refractivity contribution in [2.24, 2.45) is 5.73 Å². The molecule has 0 radical (unpaired) electrons. The number of nitrogens with zero attached hydrogens (tertiary/aromatic N) is 3. The molecule has 19 heavy (non-hydrogen) atoms. The van der Waals surface area contributed by atoms with Gasteiger partial charge in [0.1, 0.15) is 12.0 Å². The number of carbonyl (C=O) groups is 1. The summed E-state index contributed by atoms with van der Waals surface area (Å²) in [5, 5.41) is 20.6. The van der Waals surface area contributed by atoms with Crippen LogP contribution < -0.4 is 10.6 Å². The van der Waals surface area contributed by atoms with Crippen LogP contribution >= 0.6 is 0 Å². The van der Waals surface area contributed by atoms with Crippen molar-refractivity contribution in [1.82, 2.24) is 4.98 Å². The molecule has 8 heteroatoms. The van der Waals surface area contributed by atoms with Crippen molar-refractivity contribution in [3.63, 3.8) is 0 Å². The molecule has 0 spiro atoms. The van der Waals surface area contributed by atoms with Crippen molar-refractivity contribution in [3.8, 4) is 0 Å². The second-order valence-electron chi connectivity index (χ2n) is 4.85. The van der Waals surface area contributed by atoms with Crippen LogP contribution in [0.5, 0.6) is 0 Å². The molecular formula is C11H14N4O4. The predicted molar refractivity (Wildman–Crippen MR) is 66.9 cm³/mol. The quantitative estimate of drug-likeness (QED) is 0.588. The second-order valence-corrected chi connectivity index (χ2v) is 4.85. The molecule has 1 saturated heterocycles. The van der Waals surface area contributed by atoms with E-state index in [1.165, 1.54) is 0 Å². The van der Waals surface area contributed by atoms with Crippen LogP contribution in [0.2, 0.25) is 0 Å². The zero-order chi connectivity index (χ0) is 14.2. The Bertz CT molecular complexity index is 543. The fraction of sp³-hybridized carbons (Fsp3) is 0.455. The highest BCUT2D eigenvalue weighted by molar-refractivity contribution is 5.98. The Morgan fingerprint density at radius 2 is 2.37 bits per heavy atom. The standard InChI is InChI=1S/C11H14N4O4/c1-11(17)2-3-14(6-11)10-8(9(12)16)4-7(5-13-10)15(18)19/h4-5,17H,2-3,6H2,1H3,(H2,12,16). The highest BCUT2D eigenvalue weighted by Gasteiger charge is 2.34. The van der Waals surface area contributed by atoms with Gasteiger partial charge in [-0.05, 0) is 13.3 Å². The number of hydrogen-bond acceptors (Lipinski definition) is 6. The molecule has 0 bridgehead atoms. The number of nitro groups is 1. The Morgan fingerprint density at radius 1 is 1.68 bits per heavy atom. The Labute approximate surface area is 109 Å². The van der Waals surface area contributed by atoms with E-state index >= 15 is 0 Å². The Kier molecular flexibility index (Phi) is 3.11. The first-order valence-corrected chi connectivity index (χ1v) is 5.72. The van der Waals surface area contributed by atoms with Gasteiger partial charge < -0.3 is 15.7 Å². The highest BCUT2D eigenvalue weighted by atomic mass is 16.6. The molecule has 8 nitrogen and oxygen atoms in total. The van der Waals surface area contributed by atoms with Crippen molar-refractivity contribution in [2.45, 2.75) is 18.9 Å². The number of anilines is 1. The molecule has 0 aromatic carbocycles. The maximum atomic E-state index is 11.4. The lowest BCUT2D eigenvalue weighted by Crippen LogP contribution is -2.31. The molecule has 0 saturated carbocycles. The van der Waals surface area contributed by atoms with Gasteiger partial charge in [0.25, 0.3) is 11.6 Å². The average Bonchev–Trinajstić information content (AvgIpc) is 2.68. The largest absolute Gasteiger partial charge is 0.388 e. The zero-order valence-electron chi connectivity index (χ0n) is 10.4. The lowest BCUT2D eigenvalue weighted by molar-refractivity contribution is -0.385. The van der Waals surface area contributed by atoms with Crippen LogP contribution in [0.3, 0.4) is 0 Å². The molecule has 3 N–H and O–H groups in total. The van der Waals surface area contributed by atoms with E-state index in [-0.39, 0.29) is 17.1 Å². The van der Waals surface area contributed by atoms with E-state index in [4.69, 9.17) is 5.73 Å². The Balaban J connectivity index is 2.41. The van der Waals surface area contributed by atoms with Crippen molar-refractivity contribution in [2.75, 3.05) is 18.0 Å². The molecule has 2 heterocycles. The molecule has 0 aliphatic carbocycles. The molecule has 1 atom stereocenters. The van der Waals surface area contributed by atoms with E-state index in [1.807, 2.05) is 0 Å². The first-order chi connectivity index (χ1) is 8.80. The van der Waals surface area contributed by atoms with Crippen LogP contribution in [0.25, 0.3) is 0 Å². The van der Waals surface area contributed by atoms with Crippen molar-refractivity contribution in [1.29, 1.82) is 0 Å². The molecule has 1 fully saturated rings. The van der Waals surface area contributed by atoms with Crippen LogP contribution in [0, 0.1) is 10.1 Å². The molecule has 1 aliphatic rings. The number of carbonyl (C=O) groups excluding carboxylic acids is 1. The van der Waals surface area contributed by atoms with Gasteiger partial charge in [0.15, 0.2) is 0 Å². The number of amides is 1. The number of β-amino-alcohol motifs (C(OH)–C–C–N with tert-alkyl or cyclic N) is 1. The lowest BCUT2D eigenvalue weighted by Gasteiger charge is -2.21. The number of rotatable bonds is 3. The summed E-state index contributed by atoms with van der Waals surface area (Å²) in [4.78, 5) is 27.1. The van der Waals surface area contributed by atoms with Gasteiger partial charge in [-0.3, -0.25) is 14.9 Å². The zero-order valence-corrected chi connectivity index (χ0v) is 10.4. The van der Waals surface area contributed by atoms with Gasteiger partial charge in [0, 0.05) is 19.2 Å². The molecule has 1 amide bonds. The SMILES string of the molecule is CC1(O)CCN(c2ncc([N+](=O)[O-])cc2C(N)=O)C1. The van der Waals surface area contributed by atoms with Crippen molar-refractivity contribution >= 4 is 17.4 Å². The van der Waals surface area contributed by atoms with E-state index in [9.17, 15) is 20.0 Å². The van der Waals surface area contributed by atoms with E-state index in [0.29, 0.717) is 19.5 Å². The Morgan fingerprint density at radius 3 is 2.84 bits per heavy atom. The van der Waals surface area contributed by atoms with Gasteiger partial charge >= 0.3 is 0 Å². The van der Waals surface area contributed by atoms with E-state index in [1.54, 1.807) is 11.8 Å². The summed E-state index contributed by atoms with van der Waals surface area (Å²) in [7, 11) is 0. The number of aliphatic hydroxyl groups is 1. The monoisotopic (exact) mass is 266 g/mol. The third-order valence-corrected chi connectivity index (χ3v) is 3.08. The predicted octanol–water partition coefficient (Wildman–Crippen LogP) is 0.0498. The molecule has 1 aromatic rings. The van der Waals surface area contributed by atoms with Crippen LogP contribution in [-0.2, 0) is 0 Å². The first kappa shape index (κ1) is 13.2. The minimum absolute atomic E-state index is 0.00750. The smallest absolute Gasteiger partial charge is 0.288 e. The number of primary amides is 1. The maximum Gasteiger partial charge on any atom is 0.288 e. The molecule has 1 aromatic heterocycles.